The van der Waals surface area contributed by atoms with Gasteiger partial charge in [-0.2, -0.15) is 0 Å². The maximum atomic E-state index is 12.3. The molecule has 2 aromatic heterocycles. The Labute approximate surface area is 229 Å². The molecule has 0 aliphatic rings. The van der Waals surface area contributed by atoms with E-state index in [4.69, 9.17) is 18.3 Å². The van der Waals surface area contributed by atoms with E-state index >= 15 is 0 Å². The molecule has 2 heterocycles. The molecule has 0 amide bonds. The highest BCUT2D eigenvalue weighted by atomic mass is 16.5. The molecule has 0 unspecified atom stereocenters. The molecular formula is C33H33NO5. The minimum absolute atomic E-state index is 0.432. The van der Waals surface area contributed by atoms with Crippen LogP contribution in [0.15, 0.2) is 112 Å². The van der Waals surface area contributed by atoms with Gasteiger partial charge in [-0.3, -0.25) is 4.90 Å². The molecule has 0 saturated carbocycles. The number of hydrogen-bond acceptors (Lipinski definition) is 6. The third kappa shape index (κ3) is 5.77. The SMILES string of the molecule is COc1ccc(C(O)(c2ccc(OC)cc2)c2ccc(CN(Cc3ccco3)Cc3ccccc3C)o2)cc1. The number of furan rings is 2. The first-order chi connectivity index (χ1) is 19.0. The van der Waals surface area contributed by atoms with Crippen LogP contribution in [0.2, 0.25) is 0 Å². The van der Waals surface area contributed by atoms with Gasteiger partial charge in [0.2, 0.25) is 0 Å². The predicted octanol–water partition coefficient (Wildman–Crippen LogP) is 6.68. The second kappa shape index (κ2) is 11.6. The number of aliphatic hydroxyl groups is 1. The van der Waals surface area contributed by atoms with Gasteiger partial charge in [0, 0.05) is 6.54 Å². The number of ether oxygens (including phenoxy) is 2. The van der Waals surface area contributed by atoms with Crippen molar-refractivity contribution in [3.8, 4) is 11.5 Å². The number of methoxy groups -OCH3 is 2. The van der Waals surface area contributed by atoms with Crippen LogP contribution < -0.4 is 9.47 Å². The summed E-state index contributed by atoms with van der Waals surface area (Å²) in [5.74, 6) is 3.47. The van der Waals surface area contributed by atoms with Crippen LogP contribution in [-0.2, 0) is 25.2 Å². The minimum Gasteiger partial charge on any atom is -0.497 e. The van der Waals surface area contributed by atoms with Gasteiger partial charge in [-0.15, -0.1) is 0 Å². The summed E-state index contributed by atoms with van der Waals surface area (Å²) in [5, 5.41) is 12.3. The largest absolute Gasteiger partial charge is 0.497 e. The topological polar surface area (TPSA) is 68.2 Å². The molecule has 0 fully saturated rings. The van der Waals surface area contributed by atoms with E-state index < -0.39 is 5.60 Å². The maximum absolute atomic E-state index is 12.3. The van der Waals surface area contributed by atoms with Gasteiger partial charge in [-0.05, 0) is 77.7 Å². The van der Waals surface area contributed by atoms with Gasteiger partial charge in [0.15, 0.2) is 5.60 Å². The molecule has 0 aliphatic carbocycles. The molecule has 5 aromatic rings. The molecule has 200 valence electrons. The fourth-order valence-electron chi connectivity index (χ4n) is 4.81. The van der Waals surface area contributed by atoms with E-state index in [-0.39, 0.29) is 0 Å². The van der Waals surface area contributed by atoms with Crippen molar-refractivity contribution in [3.05, 3.63) is 143 Å². The van der Waals surface area contributed by atoms with Gasteiger partial charge < -0.3 is 23.4 Å². The van der Waals surface area contributed by atoms with E-state index in [0.717, 1.165) is 18.1 Å². The smallest absolute Gasteiger partial charge is 0.173 e. The first-order valence-corrected chi connectivity index (χ1v) is 12.9. The van der Waals surface area contributed by atoms with Crippen molar-refractivity contribution in [1.82, 2.24) is 4.90 Å². The lowest BCUT2D eigenvalue weighted by molar-refractivity contribution is 0.0946. The lowest BCUT2D eigenvalue weighted by Crippen LogP contribution is -2.28. The molecule has 1 N–H and O–H groups in total. The summed E-state index contributed by atoms with van der Waals surface area (Å²) in [6, 6.07) is 30.8. The summed E-state index contributed by atoms with van der Waals surface area (Å²) in [7, 11) is 3.24. The molecule has 0 spiro atoms. The molecular weight excluding hydrogens is 490 g/mol. The van der Waals surface area contributed by atoms with Crippen LogP contribution in [0.5, 0.6) is 11.5 Å². The second-order valence-electron chi connectivity index (χ2n) is 9.58. The van der Waals surface area contributed by atoms with Crippen molar-refractivity contribution >= 4 is 0 Å². The Balaban J connectivity index is 1.48. The van der Waals surface area contributed by atoms with Gasteiger partial charge in [-0.25, -0.2) is 0 Å². The highest BCUT2D eigenvalue weighted by Crippen LogP contribution is 2.39. The molecule has 0 saturated heterocycles. The number of benzene rings is 3. The molecule has 0 aliphatic heterocycles. The van der Waals surface area contributed by atoms with Gasteiger partial charge >= 0.3 is 0 Å². The second-order valence-corrected chi connectivity index (χ2v) is 9.58. The van der Waals surface area contributed by atoms with Crippen molar-refractivity contribution in [3.63, 3.8) is 0 Å². The molecule has 5 rings (SSSR count). The third-order valence-corrected chi connectivity index (χ3v) is 7.03. The zero-order chi connectivity index (χ0) is 27.2. The Morgan fingerprint density at radius 1 is 0.692 bits per heavy atom. The lowest BCUT2D eigenvalue weighted by atomic mass is 9.84. The Morgan fingerprint density at radius 2 is 1.31 bits per heavy atom. The lowest BCUT2D eigenvalue weighted by Gasteiger charge is -2.28. The average molecular weight is 524 g/mol. The first kappa shape index (κ1) is 26.4. The van der Waals surface area contributed by atoms with E-state index in [0.29, 0.717) is 41.5 Å². The van der Waals surface area contributed by atoms with Crippen LogP contribution in [0.4, 0.5) is 0 Å². The standard InChI is InChI=1S/C33H33NO5/c1-24-7-4-5-8-25(24)21-34(22-30-9-6-20-38-30)23-31-18-19-32(39-31)33(35,26-10-14-28(36-2)15-11-26)27-12-16-29(37-3)17-13-27/h4-20,35H,21-23H2,1-3H3. The van der Waals surface area contributed by atoms with Crippen LogP contribution >= 0.6 is 0 Å². The summed E-state index contributed by atoms with van der Waals surface area (Å²) in [6.07, 6.45) is 1.69. The Morgan fingerprint density at radius 3 is 1.87 bits per heavy atom. The summed E-state index contributed by atoms with van der Waals surface area (Å²) in [6.45, 7) is 4.01. The molecule has 6 heteroatoms. The van der Waals surface area contributed by atoms with Crippen LogP contribution in [0.3, 0.4) is 0 Å². The van der Waals surface area contributed by atoms with Gasteiger partial charge in [0.05, 0.1) is 33.6 Å². The Kier molecular flexibility index (Phi) is 7.87. The van der Waals surface area contributed by atoms with E-state index in [1.165, 1.54) is 11.1 Å². The molecule has 6 nitrogen and oxygen atoms in total. The Bertz CT molecular complexity index is 1420. The molecule has 0 atom stereocenters. The molecule has 0 radical (unpaired) electrons. The van der Waals surface area contributed by atoms with Crippen molar-refractivity contribution in [2.75, 3.05) is 14.2 Å². The van der Waals surface area contributed by atoms with Crippen LogP contribution in [-0.4, -0.2) is 24.2 Å². The monoisotopic (exact) mass is 523 g/mol. The highest BCUT2D eigenvalue weighted by Gasteiger charge is 2.37. The minimum atomic E-state index is -1.52. The van der Waals surface area contributed by atoms with Gasteiger partial charge in [-0.1, -0.05) is 48.5 Å². The summed E-state index contributed by atoms with van der Waals surface area (Å²) in [4.78, 5) is 2.27. The van der Waals surface area contributed by atoms with Crippen molar-refractivity contribution < 1.29 is 23.4 Å². The van der Waals surface area contributed by atoms with Gasteiger partial charge in [0.25, 0.3) is 0 Å². The number of rotatable bonds is 11. The number of nitrogens with zero attached hydrogens (tertiary/aromatic N) is 1. The van der Waals surface area contributed by atoms with E-state index in [1.54, 1.807) is 20.5 Å². The quantitative estimate of drug-likeness (QED) is 0.208. The average Bonchev–Trinajstić information content (AvgIpc) is 3.67. The zero-order valence-corrected chi connectivity index (χ0v) is 22.5. The first-order valence-electron chi connectivity index (χ1n) is 12.9. The van der Waals surface area contributed by atoms with E-state index in [1.807, 2.05) is 78.9 Å². The van der Waals surface area contributed by atoms with Crippen molar-refractivity contribution in [2.45, 2.75) is 32.2 Å². The maximum Gasteiger partial charge on any atom is 0.173 e. The highest BCUT2D eigenvalue weighted by molar-refractivity contribution is 5.46. The van der Waals surface area contributed by atoms with E-state index in [9.17, 15) is 5.11 Å². The number of hydrogen-bond donors (Lipinski definition) is 1. The van der Waals surface area contributed by atoms with Crippen LogP contribution in [0, 0.1) is 6.92 Å². The summed E-state index contributed by atoms with van der Waals surface area (Å²) < 4.78 is 22.7. The molecule has 3 aromatic carbocycles. The predicted molar refractivity (Wildman–Crippen MR) is 150 cm³/mol. The number of aryl methyl sites for hydroxylation is 1. The molecule has 0 bridgehead atoms. The fourth-order valence-corrected chi connectivity index (χ4v) is 4.81. The zero-order valence-electron chi connectivity index (χ0n) is 22.5. The third-order valence-electron chi connectivity index (χ3n) is 7.03. The fraction of sp³-hybridized carbons (Fsp3) is 0.212. The molecule has 39 heavy (non-hydrogen) atoms. The van der Waals surface area contributed by atoms with E-state index in [2.05, 4.69) is 30.0 Å². The van der Waals surface area contributed by atoms with Crippen molar-refractivity contribution in [1.29, 1.82) is 0 Å². The summed E-state index contributed by atoms with van der Waals surface area (Å²) >= 11 is 0. The van der Waals surface area contributed by atoms with Crippen LogP contribution in [0.1, 0.15) is 39.5 Å². The summed E-state index contributed by atoms with van der Waals surface area (Å²) in [5.41, 5.74) is 2.29. The van der Waals surface area contributed by atoms with Crippen LogP contribution in [0.25, 0.3) is 0 Å². The Hall–Kier alpha value is -4.26. The van der Waals surface area contributed by atoms with Gasteiger partial charge in [0.1, 0.15) is 28.8 Å². The normalized spacial score (nSPS) is 11.6. The van der Waals surface area contributed by atoms with Crippen molar-refractivity contribution in [2.24, 2.45) is 0 Å².